The number of urea groups is 1. The first kappa shape index (κ1) is 10.7. The smallest absolute Gasteiger partial charge is 0.315 e. The number of amidine groups is 1. The van der Waals surface area contributed by atoms with Crippen molar-refractivity contribution in [1.29, 1.82) is 5.41 Å². The molecular weight excluding hydrogens is 156 g/mol. The third-order valence-electron chi connectivity index (χ3n) is 1.23. The van der Waals surface area contributed by atoms with Gasteiger partial charge in [0.05, 0.1) is 6.04 Å². The summed E-state index contributed by atoms with van der Waals surface area (Å²) in [6.07, 6.45) is 0. The molecule has 0 fully saturated rings. The van der Waals surface area contributed by atoms with Crippen LogP contribution in [-0.2, 0) is 0 Å². The van der Waals surface area contributed by atoms with Gasteiger partial charge in [0.1, 0.15) is 5.84 Å². The molecule has 0 aliphatic rings. The van der Waals surface area contributed by atoms with Gasteiger partial charge in [0.2, 0.25) is 0 Å². The molecule has 1 unspecified atom stereocenters. The lowest BCUT2D eigenvalue weighted by molar-refractivity contribution is 0.237. The van der Waals surface area contributed by atoms with Gasteiger partial charge >= 0.3 is 6.03 Å². The molecule has 0 aromatic heterocycles. The maximum absolute atomic E-state index is 11.0. The average molecular weight is 172 g/mol. The SMILES string of the molecule is CC(C)NC(=O)NC(C)C(=N)N. The van der Waals surface area contributed by atoms with Crippen molar-refractivity contribution in [2.45, 2.75) is 32.9 Å². The van der Waals surface area contributed by atoms with Gasteiger partial charge in [-0.05, 0) is 20.8 Å². The van der Waals surface area contributed by atoms with E-state index < -0.39 is 6.04 Å². The lowest BCUT2D eigenvalue weighted by Gasteiger charge is -2.14. The van der Waals surface area contributed by atoms with Crippen LogP contribution in [0.5, 0.6) is 0 Å². The molecule has 1 atom stereocenters. The average Bonchev–Trinajstić information content (AvgIpc) is 1.84. The first-order valence-electron chi connectivity index (χ1n) is 3.84. The number of carbonyl (C=O) groups is 1. The fourth-order valence-corrected chi connectivity index (χ4v) is 0.578. The molecule has 70 valence electrons. The topological polar surface area (TPSA) is 91.0 Å². The minimum absolute atomic E-state index is 0.0473. The van der Waals surface area contributed by atoms with E-state index in [0.29, 0.717) is 0 Å². The van der Waals surface area contributed by atoms with E-state index in [1.54, 1.807) is 6.92 Å². The molecule has 0 aliphatic heterocycles. The zero-order chi connectivity index (χ0) is 9.72. The number of hydrogen-bond donors (Lipinski definition) is 4. The van der Waals surface area contributed by atoms with Crippen LogP contribution in [0, 0.1) is 5.41 Å². The van der Waals surface area contributed by atoms with Gasteiger partial charge in [-0.1, -0.05) is 0 Å². The molecule has 0 saturated carbocycles. The Bertz CT molecular complexity index is 178. The summed E-state index contributed by atoms with van der Waals surface area (Å²) in [6.45, 7) is 5.37. The predicted molar refractivity (Wildman–Crippen MR) is 48.2 cm³/mol. The Morgan fingerprint density at radius 1 is 1.33 bits per heavy atom. The number of carbonyl (C=O) groups excluding carboxylic acids is 1. The molecule has 0 aliphatic carbocycles. The van der Waals surface area contributed by atoms with Crippen molar-refractivity contribution in [1.82, 2.24) is 10.6 Å². The van der Waals surface area contributed by atoms with E-state index in [2.05, 4.69) is 10.6 Å². The summed E-state index contributed by atoms with van der Waals surface area (Å²) in [7, 11) is 0. The second-order valence-electron chi connectivity index (χ2n) is 2.95. The van der Waals surface area contributed by atoms with Crippen LogP contribution in [0.2, 0.25) is 0 Å². The third kappa shape index (κ3) is 4.54. The molecule has 0 rings (SSSR count). The minimum Gasteiger partial charge on any atom is -0.386 e. The molecule has 5 N–H and O–H groups in total. The molecule has 5 nitrogen and oxygen atoms in total. The number of nitrogens with two attached hydrogens (primary N) is 1. The number of amides is 2. The largest absolute Gasteiger partial charge is 0.386 e. The third-order valence-corrected chi connectivity index (χ3v) is 1.23. The van der Waals surface area contributed by atoms with Crippen molar-refractivity contribution in [3.05, 3.63) is 0 Å². The molecule has 5 heteroatoms. The first-order valence-corrected chi connectivity index (χ1v) is 3.84. The molecule has 0 radical (unpaired) electrons. The van der Waals surface area contributed by atoms with Crippen LogP contribution >= 0.6 is 0 Å². The van der Waals surface area contributed by atoms with Gasteiger partial charge in [-0.25, -0.2) is 4.79 Å². The van der Waals surface area contributed by atoms with Crippen LogP contribution in [0.15, 0.2) is 0 Å². The van der Waals surface area contributed by atoms with Crippen LogP contribution in [0.3, 0.4) is 0 Å². The maximum atomic E-state index is 11.0. The number of rotatable bonds is 3. The highest BCUT2D eigenvalue weighted by atomic mass is 16.2. The van der Waals surface area contributed by atoms with Gasteiger partial charge in [0.25, 0.3) is 0 Å². The van der Waals surface area contributed by atoms with E-state index >= 15 is 0 Å². The summed E-state index contributed by atoms with van der Waals surface area (Å²) < 4.78 is 0. The molecule has 0 bridgehead atoms. The Hall–Kier alpha value is -1.26. The Kier molecular flexibility index (Phi) is 4.10. The van der Waals surface area contributed by atoms with E-state index in [0.717, 1.165) is 0 Å². The molecule has 0 aromatic rings. The molecule has 0 spiro atoms. The molecule has 2 amide bonds. The maximum Gasteiger partial charge on any atom is 0.315 e. The van der Waals surface area contributed by atoms with Crippen molar-refractivity contribution < 1.29 is 4.79 Å². The van der Waals surface area contributed by atoms with Crippen molar-refractivity contribution in [3.8, 4) is 0 Å². The van der Waals surface area contributed by atoms with Crippen LogP contribution in [-0.4, -0.2) is 24.0 Å². The summed E-state index contributed by atoms with van der Waals surface area (Å²) >= 11 is 0. The summed E-state index contributed by atoms with van der Waals surface area (Å²) in [5.74, 6) is -0.0473. The standard InChI is InChI=1S/C7H16N4O/c1-4(2)10-7(12)11-5(3)6(8)9/h4-5H,1-3H3,(H3,8,9)(H2,10,11,12). The lowest BCUT2D eigenvalue weighted by atomic mass is 10.3. The van der Waals surface area contributed by atoms with Crippen LogP contribution in [0.25, 0.3) is 0 Å². The van der Waals surface area contributed by atoms with E-state index in [-0.39, 0.29) is 17.9 Å². The fraction of sp³-hybridized carbons (Fsp3) is 0.714. The van der Waals surface area contributed by atoms with Crippen molar-refractivity contribution in [3.63, 3.8) is 0 Å². The summed E-state index contributed by atoms with van der Waals surface area (Å²) in [5, 5.41) is 12.1. The number of nitrogens with one attached hydrogen (secondary N) is 3. The van der Waals surface area contributed by atoms with Crippen LogP contribution < -0.4 is 16.4 Å². The van der Waals surface area contributed by atoms with Gasteiger partial charge < -0.3 is 16.4 Å². The van der Waals surface area contributed by atoms with E-state index in [9.17, 15) is 4.79 Å². The Balaban J connectivity index is 3.77. The predicted octanol–water partition coefficient (Wildman–Crippen LogP) is 0.0185. The van der Waals surface area contributed by atoms with Gasteiger partial charge in [-0.15, -0.1) is 0 Å². The van der Waals surface area contributed by atoms with Crippen molar-refractivity contribution in [2.24, 2.45) is 5.73 Å². The zero-order valence-corrected chi connectivity index (χ0v) is 7.64. The Morgan fingerprint density at radius 3 is 2.17 bits per heavy atom. The second kappa shape index (κ2) is 4.58. The Labute approximate surface area is 72.2 Å². The second-order valence-corrected chi connectivity index (χ2v) is 2.95. The van der Waals surface area contributed by atoms with Crippen molar-refractivity contribution in [2.75, 3.05) is 0 Å². The van der Waals surface area contributed by atoms with Gasteiger partial charge in [-0.3, -0.25) is 5.41 Å². The molecular formula is C7H16N4O. The van der Waals surface area contributed by atoms with Gasteiger partial charge in [-0.2, -0.15) is 0 Å². The molecule has 0 aromatic carbocycles. The van der Waals surface area contributed by atoms with E-state index in [4.69, 9.17) is 11.1 Å². The van der Waals surface area contributed by atoms with Crippen LogP contribution in [0.1, 0.15) is 20.8 Å². The highest BCUT2D eigenvalue weighted by Gasteiger charge is 2.09. The van der Waals surface area contributed by atoms with Crippen molar-refractivity contribution >= 4 is 11.9 Å². The zero-order valence-electron chi connectivity index (χ0n) is 7.64. The van der Waals surface area contributed by atoms with Gasteiger partial charge in [0.15, 0.2) is 0 Å². The van der Waals surface area contributed by atoms with E-state index in [1.165, 1.54) is 0 Å². The molecule has 0 heterocycles. The lowest BCUT2D eigenvalue weighted by Crippen LogP contribution is -2.48. The Morgan fingerprint density at radius 2 is 1.83 bits per heavy atom. The molecule has 12 heavy (non-hydrogen) atoms. The molecule has 0 saturated heterocycles. The van der Waals surface area contributed by atoms with Crippen LogP contribution in [0.4, 0.5) is 4.79 Å². The highest BCUT2D eigenvalue weighted by Crippen LogP contribution is 1.81. The number of hydrogen-bond acceptors (Lipinski definition) is 2. The first-order chi connectivity index (χ1) is 5.43. The summed E-state index contributed by atoms with van der Waals surface area (Å²) in [6, 6.07) is -0.624. The monoisotopic (exact) mass is 172 g/mol. The van der Waals surface area contributed by atoms with E-state index in [1.807, 2.05) is 13.8 Å². The minimum atomic E-state index is -0.413. The quantitative estimate of drug-likeness (QED) is 0.357. The summed E-state index contributed by atoms with van der Waals surface area (Å²) in [4.78, 5) is 11.0. The summed E-state index contributed by atoms with van der Waals surface area (Å²) in [5.41, 5.74) is 5.16. The normalized spacial score (nSPS) is 12.3. The highest BCUT2D eigenvalue weighted by molar-refractivity contribution is 5.87. The van der Waals surface area contributed by atoms with Gasteiger partial charge in [0, 0.05) is 6.04 Å². The fourth-order valence-electron chi connectivity index (χ4n) is 0.578.